The molecule has 28 heavy (non-hydrogen) atoms. The maximum absolute atomic E-state index is 13.2. The summed E-state index contributed by atoms with van der Waals surface area (Å²) in [5.74, 6) is -0.753. The zero-order chi connectivity index (χ0) is 19.8. The van der Waals surface area contributed by atoms with Crippen LogP contribution in [0.5, 0.6) is 0 Å². The molecule has 2 aromatic carbocycles. The fraction of sp³-hybridized carbons (Fsp3) is 0.0909. The second-order valence-electron chi connectivity index (χ2n) is 6.03. The van der Waals surface area contributed by atoms with Crippen molar-refractivity contribution in [3.8, 4) is 0 Å². The number of hydrogen-bond donors (Lipinski definition) is 2. The van der Waals surface area contributed by atoms with E-state index in [9.17, 15) is 14.0 Å². The van der Waals surface area contributed by atoms with Gasteiger partial charge in [0.05, 0.1) is 6.26 Å². The van der Waals surface area contributed by atoms with Crippen molar-refractivity contribution in [3.63, 3.8) is 0 Å². The molecule has 0 saturated carbocycles. The molecule has 3 rings (SSSR count). The van der Waals surface area contributed by atoms with Crippen molar-refractivity contribution in [1.29, 1.82) is 0 Å². The van der Waals surface area contributed by atoms with E-state index >= 15 is 0 Å². The van der Waals surface area contributed by atoms with Crippen LogP contribution in [0.15, 0.2) is 83.1 Å². The first-order chi connectivity index (χ1) is 13.6. The minimum absolute atomic E-state index is 0.0584. The van der Waals surface area contributed by atoms with Crippen molar-refractivity contribution in [3.05, 3.63) is 101 Å². The zero-order valence-corrected chi connectivity index (χ0v) is 15.0. The first kappa shape index (κ1) is 19.1. The van der Waals surface area contributed by atoms with Crippen molar-refractivity contribution in [1.82, 2.24) is 10.6 Å². The number of rotatable bonds is 7. The van der Waals surface area contributed by atoms with Gasteiger partial charge in [-0.25, -0.2) is 4.39 Å². The van der Waals surface area contributed by atoms with Gasteiger partial charge in [0, 0.05) is 18.2 Å². The van der Waals surface area contributed by atoms with Crippen LogP contribution in [-0.2, 0) is 11.2 Å². The first-order valence-corrected chi connectivity index (χ1v) is 8.76. The lowest BCUT2D eigenvalue weighted by atomic mass is 10.1. The van der Waals surface area contributed by atoms with Gasteiger partial charge >= 0.3 is 0 Å². The van der Waals surface area contributed by atoms with E-state index in [0.717, 1.165) is 5.56 Å². The van der Waals surface area contributed by atoms with E-state index in [0.29, 0.717) is 24.3 Å². The Kier molecular flexibility index (Phi) is 6.36. The molecule has 2 amide bonds. The minimum Gasteiger partial charge on any atom is -0.465 e. The number of amides is 2. The summed E-state index contributed by atoms with van der Waals surface area (Å²) >= 11 is 0. The van der Waals surface area contributed by atoms with Crippen LogP contribution in [0.2, 0.25) is 0 Å². The highest BCUT2D eigenvalue weighted by atomic mass is 19.1. The van der Waals surface area contributed by atoms with E-state index in [1.165, 1.54) is 24.5 Å². The Morgan fingerprint density at radius 3 is 2.54 bits per heavy atom. The molecule has 0 aliphatic rings. The number of nitrogens with one attached hydrogen (secondary N) is 2. The largest absolute Gasteiger partial charge is 0.465 e. The number of hydrogen-bond acceptors (Lipinski definition) is 3. The molecule has 0 unspecified atom stereocenters. The molecule has 0 atom stereocenters. The van der Waals surface area contributed by atoms with E-state index in [1.54, 1.807) is 54.6 Å². The van der Waals surface area contributed by atoms with Crippen LogP contribution in [0, 0.1) is 5.82 Å². The number of carbonyl (C=O) groups excluding carboxylic acids is 2. The lowest BCUT2D eigenvalue weighted by molar-refractivity contribution is -0.117. The maximum atomic E-state index is 13.2. The summed E-state index contributed by atoms with van der Waals surface area (Å²) in [6.45, 7) is 0.291. The first-order valence-electron chi connectivity index (χ1n) is 8.76. The second-order valence-corrected chi connectivity index (χ2v) is 6.03. The standard InChI is InChI=1S/C22H19FN2O3/c23-18-9-4-6-16(14-18)11-12-24-22(27)20(15-19-10-5-13-28-19)25-21(26)17-7-2-1-3-8-17/h1-10,13-15H,11-12H2,(H,24,27)(H,25,26). The Labute approximate surface area is 161 Å². The molecule has 5 nitrogen and oxygen atoms in total. The van der Waals surface area contributed by atoms with E-state index in [4.69, 9.17) is 4.42 Å². The quantitative estimate of drug-likeness (QED) is 0.618. The van der Waals surface area contributed by atoms with Gasteiger partial charge in [-0.1, -0.05) is 30.3 Å². The average Bonchev–Trinajstić information content (AvgIpc) is 3.21. The Morgan fingerprint density at radius 2 is 1.82 bits per heavy atom. The fourth-order valence-corrected chi connectivity index (χ4v) is 2.57. The van der Waals surface area contributed by atoms with Gasteiger partial charge in [0.2, 0.25) is 0 Å². The van der Waals surface area contributed by atoms with Crippen LogP contribution in [0.4, 0.5) is 4.39 Å². The Hall–Kier alpha value is -3.67. The van der Waals surface area contributed by atoms with Crippen molar-refractivity contribution in [2.75, 3.05) is 6.54 Å². The summed E-state index contributed by atoms with van der Waals surface area (Å²) < 4.78 is 18.5. The van der Waals surface area contributed by atoms with Gasteiger partial charge in [-0.15, -0.1) is 0 Å². The van der Waals surface area contributed by atoms with Gasteiger partial charge in [-0.2, -0.15) is 0 Å². The Balaban J connectivity index is 1.67. The lowest BCUT2D eigenvalue weighted by Gasteiger charge is -2.11. The van der Waals surface area contributed by atoms with Crippen molar-refractivity contribution in [2.24, 2.45) is 0 Å². The van der Waals surface area contributed by atoms with Crippen LogP contribution in [-0.4, -0.2) is 18.4 Å². The predicted octanol–water partition coefficient (Wildman–Crippen LogP) is 3.55. The number of carbonyl (C=O) groups is 2. The van der Waals surface area contributed by atoms with E-state index < -0.39 is 11.8 Å². The predicted molar refractivity (Wildman–Crippen MR) is 104 cm³/mol. The molecule has 6 heteroatoms. The van der Waals surface area contributed by atoms with Crippen LogP contribution in [0.1, 0.15) is 21.7 Å². The summed E-state index contributed by atoms with van der Waals surface area (Å²) in [6.07, 6.45) is 3.40. The SMILES string of the molecule is O=C(NCCc1cccc(F)c1)C(=Cc1ccco1)NC(=O)c1ccccc1. The highest BCUT2D eigenvalue weighted by Gasteiger charge is 2.15. The third-order valence-electron chi connectivity index (χ3n) is 3.95. The highest BCUT2D eigenvalue weighted by Crippen LogP contribution is 2.08. The van der Waals surface area contributed by atoms with E-state index in [2.05, 4.69) is 10.6 Å². The smallest absolute Gasteiger partial charge is 0.267 e. The molecule has 3 aromatic rings. The molecule has 0 spiro atoms. The molecule has 1 aromatic heterocycles. The maximum Gasteiger partial charge on any atom is 0.267 e. The van der Waals surface area contributed by atoms with Crippen LogP contribution in [0.25, 0.3) is 6.08 Å². The molecular formula is C22H19FN2O3. The van der Waals surface area contributed by atoms with Crippen LogP contribution >= 0.6 is 0 Å². The minimum atomic E-state index is -0.461. The number of halogens is 1. The van der Waals surface area contributed by atoms with Gasteiger partial charge in [0.1, 0.15) is 17.3 Å². The zero-order valence-electron chi connectivity index (χ0n) is 15.0. The molecule has 0 radical (unpaired) electrons. The average molecular weight is 378 g/mol. The van der Waals surface area contributed by atoms with Gasteiger partial charge in [0.15, 0.2) is 0 Å². The third-order valence-corrected chi connectivity index (χ3v) is 3.95. The number of benzene rings is 2. The van der Waals surface area contributed by atoms with Crippen molar-refractivity contribution >= 4 is 17.9 Å². The lowest BCUT2D eigenvalue weighted by Crippen LogP contribution is -2.35. The topological polar surface area (TPSA) is 71.3 Å². The third kappa shape index (κ3) is 5.41. The van der Waals surface area contributed by atoms with E-state index in [-0.39, 0.29) is 11.5 Å². The number of furan rings is 1. The molecule has 0 bridgehead atoms. The molecule has 1 heterocycles. The molecule has 142 valence electrons. The molecule has 0 saturated heterocycles. The monoisotopic (exact) mass is 378 g/mol. The van der Waals surface area contributed by atoms with Gasteiger partial charge in [-0.3, -0.25) is 9.59 Å². The molecule has 2 N–H and O–H groups in total. The molecule has 0 fully saturated rings. The summed E-state index contributed by atoms with van der Waals surface area (Å²) in [5, 5.41) is 5.35. The summed E-state index contributed by atoms with van der Waals surface area (Å²) in [6, 6.07) is 18.1. The summed E-state index contributed by atoms with van der Waals surface area (Å²) in [5.41, 5.74) is 1.26. The highest BCUT2D eigenvalue weighted by molar-refractivity contribution is 6.05. The van der Waals surface area contributed by atoms with Crippen LogP contribution in [0.3, 0.4) is 0 Å². The molecule has 0 aliphatic heterocycles. The van der Waals surface area contributed by atoms with Crippen LogP contribution < -0.4 is 10.6 Å². The molecule has 0 aliphatic carbocycles. The van der Waals surface area contributed by atoms with E-state index in [1.807, 2.05) is 0 Å². The van der Waals surface area contributed by atoms with Crippen molar-refractivity contribution in [2.45, 2.75) is 6.42 Å². The normalized spacial score (nSPS) is 11.1. The Morgan fingerprint density at radius 1 is 1.00 bits per heavy atom. The van der Waals surface area contributed by atoms with Gasteiger partial charge in [-0.05, 0) is 48.4 Å². The Bertz CT molecular complexity index is 966. The summed E-state index contributed by atoms with van der Waals surface area (Å²) in [7, 11) is 0. The van der Waals surface area contributed by atoms with Gasteiger partial charge < -0.3 is 15.1 Å². The second kappa shape index (κ2) is 9.32. The van der Waals surface area contributed by atoms with Gasteiger partial charge in [0.25, 0.3) is 11.8 Å². The summed E-state index contributed by atoms with van der Waals surface area (Å²) in [4.78, 5) is 25.0. The van der Waals surface area contributed by atoms with Crippen molar-refractivity contribution < 1.29 is 18.4 Å². The fourth-order valence-electron chi connectivity index (χ4n) is 2.57. The molecular weight excluding hydrogens is 359 g/mol.